The summed E-state index contributed by atoms with van der Waals surface area (Å²) in [5, 5.41) is 0.907. The fourth-order valence-electron chi connectivity index (χ4n) is 3.51. The smallest absolute Gasteiger partial charge is 0.302 e. The number of fused-ring (bicyclic) bond motifs is 3. The largest absolute Gasteiger partial charge is 0.462 e. The minimum Gasteiger partial charge on any atom is -0.462 e. The van der Waals surface area contributed by atoms with Crippen molar-refractivity contribution in [2.24, 2.45) is 0 Å². The van der Waals surface area contributed by atoms with Gasteiger partial charge in [0.25, 0.3) is 0 Å². The Labute approximate surface area is 161 Å². The standard InChI is InChI=1S/C20H17ClO5S/c1-12(22)25-13-7-8-19-16(9-13)17-10-15(11-18(21)20(17)26-19)27(23,24)14-5-3-2-4-6-14/h2-6,10-11,13H,7-9H2,1H3. The first-order valence-electron chi connectivity index (χ1n) is 8.57. The van der Waals surface area contributed by atoms with Crippen molar-refractivity contribution in [3.8, 4) is 0 Å². The summed E-state index contributed by atoms with van der Waals surface area (Å²) in [4.78, 5) is 11.6. The van der Waals surface area contributed by atoms with Gasteiger partial charge in [-0.3, -0.25) is 4.79 Å². The van der Waals surface area contributed by atoms with E-state index >= 15 is 0 Å². The predicted octanol–water partition coefficient (Wildman–Crippen LogP) is 4.34. The predicted molar refractivity (Wildman–Crippen MR) is 101 cm³/mol. The minimum atomic E-state index is -3.70. The van der Waals surface area contributed by atoms with Gasteiger partial charge in [0, 0.05) is 30.7 Å². The van der Waals surface area contributed by atoms with E-state index in [1.54, 1.807) is 36.4 Å². The number of esters is 1. The Hall–Kier alpha value is -2.31. The Balaban J connectivity index is 1.83. The van der Waals surface area contributed by atoms with Gasteiger partial charge in [-0.15, -0.1) is 0 Å². The molecule has 1 aliphatic carbocycles. The van der Waals surface area contributed by atoms with Crippen molar-refractivity contribution < 1.29 is 22.4 Å². The first-order chi connectivity index (χ1) is 12.9. The van der Waals surface area contributed by atoms with Crippen LogP contribution in [0.2, 0.25) is 5.02 Å². The molecule has 4 rings (SSSR count). The number of aryl methyl sites for hydroxylation is 1. The van der Waals surface area contributed by atoms with E-state index in [-0.39, 0.29) is 26.9 Å². The number of rotatable bonds is 3. The molecule has 5 nitrogen and oxygen atoms in total. The summed E-state index contributed by atoms with van der Waals surface area (Å²) in [6.45, 7) is 1.38. The quantitative estimate of drug-likeness (QED) is 0.607. The third-order valence-corrected chi connectivity index (χ3v) is 6.76. The molecular formula is C20H17ClO5S. The van der Waals surface area contributed by atoms with Gasteiger partial charge in [0.2, 0.25) is 9.84 Å². The second-order valence-corrected chi connectivity index (χ2v) is 8.93. The second-order valence-electron chi connectivity index (χ2n) is 6.58. The number of hydrogen-bond donors (Lipinski definition) is 0. The third-order valence-electron chi connectivity index (χ3n) is 4.73. The zero-order chi connectivity index (χ0) is 19.2. The number of sulfone groups is 1. The average molecular weight is 405 g/mol. The van der Waals surface area contributed by atoms with Crippen LogP contribution in [0.3, 0.4) is 0 Å². The number of carbonyl (C=O) groups excluding carboxylic acids is 1. The van der Waals surface area contributed by atoms with Gasteiger partial charge in [-0.05, 0) is 30.7 Å². The van der Waals surface area contributed by atoms with Crippen LogP contribution >= 0.6 is 11.6 Å². The zero-order valence-corrected chi connectivity index (χ0v) is 16.1. The highest BCUT2D eigenvalue weighted by molar-refractivity contribution is 7.91. The summed E-state index contributed by atoms with van der Waals surface area (Å²) in [6, 6.07) is 11.2. The first kappa shape index (κ1) is 18.1. The lowest BCUT2D eigenvalue weighted by Gasteiger charge is -2.21. The van der Waals surface area contributed by atoms with Crippen molar-refractivity contribution in [2.45, 2.75) is 42.1 Å². The molecule has 0 spiro atoms. The number of benzene rings is 2. The molecule has 140 valence electrons. The summed E-state index contributed by atoms with van der Waals surface area (Å²) < 4.78 is 37.2. The summed E-state index contributed by atoms with van der Waals surface area (Å²) in [5.41, 5.74) is 1.33. The van der Waals surface area contributed by atoms with Gasteiger partial charge in [0.15, 0.2) is 5.58 Å². The molecule has 0 radical (unpaired) electrons. The van der Waals surface area contributed by atoms with E-state index < -0.39 is 9.84 Å². The molecule has 0 aliphatic heterocycles. The molecule has 0 N–H and O–H groups in total. The maximum atomic E-state index is 13.0. The van der Waals surface area contributed by atoms with Crippen LogP contribution in [-0.2, 0) is 32.2 Å². The lowest BCUT2D eigenvalue weighted by molar-refractivity contribution is -0.146. The molecule has 0 amide bonds. The average Bonchev–Trinajstić information content (AvgIpc) is 3.01. The molecule has 2 aromatic carbocycles. The Kier molecular flexibility index (Phi) is 4.48. The van der Waals surface area contributed by atoms with Gasteiger partial charge < -0.3 is 9.15 Å². The molecule has 0 saturated carbocycles. The number of halogens is 1. The van der Waals surface area contributed by atoms with Crippen molar-refractivity contribution in [1.82, 2.24) is 0 Å². The van der Waals surface area contributed by atoms with Crippen molar-refractivity contribution >= 4 is 38.4 Å². The molecule has 1 atom stereocenters. The van der Waals surface area contributed by atoms with E-state index in [4.69, 9.17) is 20.8 Å². The fraction of sp³-hybridized carbons (Fsp3) is 0.250. The summed E-state index contributed by atoms with van der Waals surface area (Å²) in [7, 11) is -3.70. The van der Waals surface area contributed by atoms with Gasteiger partial charge in [0.1, 0.15) is 11.9 Å². The molecule has 1 aliphatic rings. The highest BCUT2D eigenvalue weighted by atomic mass is 35.5. The van der Waals surface area contributed by atoms with Crippen LogP contribution in [0.15, 0.2) is 56.7 Å². The van der Waals surface area contributed by atoms with E-state index in [2.05, 4.69) is 0 Å². The Morgan fingerprint density at radius 3 is 2.63 bits per heavy atom. The van der Waals surface area contributed by atoms with Gasteiger partial charge in [-0.2, -0.15) is 0 Å². The Morgan fingerprint density at radius 1 is 1.19 bits per heavy atom. The molecule has 3 aromatic rings. The van der Waals surface area contributed by atoms with Crippen LogP contribution in [0.5, 0.6) is 0 Å². The van der Waals surface area contributed by atoms with Gasteiger partial charge in [-0.25, -0.2) is 8.42 Å². The highest BCUT2D eigenvalue weighted by Gasteiger charge is 2.28. The molecule has 7 heteroatoms. The molecule has 27 heavy (non-hydrogen) atoms. The van der Waals surface area contributed by atoms with Crippen LogP contribution in [0.25, 0.3) is 11.0 Å². The van der Waals surface area contributed by atoms with Gasteiger partial charge in [-0.1, -0.05) is 29.8 Å². The minimum absolute atomic E-state index is 0.115. The summed E-state index contributed by atoms with van der Waals surface area (Å²) in [6.07, 6.45) is 1.51. The normalized spacial score (nSPS) is 16.9. The SMILES string of the molecule is CC(=O)OC1CCc2oc3c(Cl)cc(S(=O)(=O)c4ccccc4)cc3c2C1. The van der Waals surface area contributed by atoms with E-state index in [0.717, 1.165) is 11.3 Å². The van der Waals surface area contributed by atoms with E-state index in [1.165, 1.54) is 13.0 Å². The Bertz CT molecular complexity index is 1130. The molecular weight excluding hydrogens is 388 g/mol. The van der Waals surface area contributed by atoms with Crippen LogP contribution in [-0.4, -0.2) is 20.5 Å². The number of hydrogen-bond acceptors (Lipinski definition) is 5. The highest BCUT2D eigenvalue weighted by Crippen LogP contribution is 2.38. The molecule has 1 unspecified atom stereocenters. The monoisotopic (exact) mass is 404 g/mol. The molecule has 0 bridgehead atoms. The van der Waals surface area contributed by atoms with Crippen LogP contribution < -0.4 is 0 Å². The lowest BCUT2D eigenvalue weighted by atomic mass is 9.93. The van der Waals surface area contributed by atoms with E-state index in [0.29, 0.717) is 30.2 Å². The fourth-order valence-corrected chi connectivity index (χ4v) is 5.16. The summed E-state index contributed by atoms with van der Waals surface area (Å²) >= 11 is 6.35. The van der Waals surface area contributed by atoms with Crippen LogP contribution in [0, 0.1) is 0 Å². The second kappa shape index (κ2) is 6.69. The topological polar surface area (TPSA) is 73.6 Å². The van der Waals surface area contributed by atoms with Gasteiger partial charge in [0.05, 0.1) is 14.8 Å². The third kappa shape index (κ3) is 3.24. The molecule has 0 saturated heterocycles. The van der Waals surface area contributed by atoms with Crippen LogP contribution in [0.4, 0.5) is 0 Å². The molecule has 1 heterocycles. The van der Waals surface area contributed by atoms with Crippen molar-refractivity contribution in [3.05, 3.63) is 58.8 Å². The molecule has 0 fully saturated rings. The van der Waals surface area contributed by atoms with Crippen LogP contribution in [0.1, 0.15) is 24.7 Å². The van der Waals surface area contributed by atoms with Crippen molar-refractivity contribution in [3.63, 3.8) is 0 Å². The summed E-state index contributed by atoms with van der Waals surface area (Å²) in [5.74, 6) is 0.436. The van der Waals surface area contributed by atoms with Crippen molar-refractivity contribution in [1.29, 1.82) is 0 Å². The number of ether oxygens (including phenoxy) is 1. The number of carbonyl (C=O) groups is 1. The Morgan fingerprint density at radius 2 is 1.93 bits per heavy atom. The van der Waals surface area contributed by atoms with E-state index in [1.807, 2.05) is 0 Å². The first-order valence-corrected chi connectivity index (χ1v) is 10.4. The van der Waals surface area contributed by atoms with Crippen molar-refractivity contribution in [2.75, 3.05) is 0 Å². The number of furan rings is 1. The van der Waals surface area contributed by atoms with Gasteiger partial charge >= 0.3 is 5.97 Å². The maximum Gasteiger partial charge on any atom is 0.302 e. The lowest BCUT2D eigenvalue weighted by Crippen LogP contribution is -2.23. The van der Waals surface area contributed by atoms with E-state index in [9.17, 15) is 13.2 Å². The zero-order valence-electron chi connectivity index (χ0n) is 14.6. The molecule has 1 aromatic heterocycles. The maximum absolute atomic E-state index is 13.0.